The van der Waals surface area contributed by atoms with Gasteiger partial charge in [0.1, 0.15) is 5.52 Å². The van der Waals surface area contributed by atoms with E-state index >= 15 is 0 Å². The van der Waals surface area contributed by atoms with Crippen LogP contribution in [0, 0.1) is 6.92 Å². The first-order valence-corrected chi connectivity index (χ1v) is 5.60. The van der Waals surface area contributed by atoms with Gasteiger partial charge in [0, 0.05) is 19.2 Å². The fourth-order valence-electron chi connectivity index (χ4n) is 1.85. The second kappa shape index (κ2) is 4.10. The minimum atomic E-state index is 0.444. The number of nitrogens with two attached hydrogens (primary N) is 1. The van der Waals surface area contributed by atoms with E-state index < -0.39 is 0 Å². The topological polar surface area (TPSA) is 95.7 Å². The fraction of sp³-hybridized carbons (Fsp3) is 0.273. The molecule has 0 atom stereocenters. The number of fused-ring (bicyclic) bond motifs is 1. The SMILES string of the molecule is Cc1noc(CCn2c(N)nc3cccnc32)n1. The monoisotopic (exact) mass is 244 g/mol. The lowest BCUT2D eigenvalue weighted by Crippen LogP contribution is -2.06. The maximum atomic E-state index is 5.87. The zero-order chi connectivity index (χ0) is 12.5. The average Bonchev–Trinajstić information content (AvgIpc) is 2.90. The first kappa shape index (κ1) is 10.7. The van der Waals surface area contributed by atoms with Gasteiger partial charge < -0.3 is 10.3 Å². The Hall–Kier alpha value is -2.44. The quantitative estimate of drug-likeness (QED) is 0.736. The van der Waals surface area contributed by atoms with Crippen LogP contribution in [-0.4, -0.2) is 24.7 Å². The smallest absolute Gasteiger partial charge is 0.228 e. The molecule has 3 aromatic rings. The fourth-order valence-corrected chi connectivity index (χ4v) is 1.85. The highest BCUT2D eigenvalue weighted by atomic mass is 16.5. The second-order valence-electron chi connectivity index (χ2n) is 3.95. The standard InChI is InChI=1S/C11H12N6O/c1-7-14-9(18-16-7)4-6-17-10-8(15-11(17)12)3-2-5-13-10/h2-3,5H,4,6H2,1H3,(H2,12,15). The molecule has 18 heavy (non-hydrogen) atoms. The van der Waals surface area contributed by atoms with Crippen molar-refractivity contribution in [1.82, 2.24) is 24.7 Å². The zero-order valence-electron chi connectivity index (χ0n) is 9.87. The minimum Gasteiger partial charge on any atom is -0.369 e. The Labute approximate surface area is 103 Å². The Kier molecular flexibility index (Phi) is 2.44. The molecule has 0 aliphatic heterocycles. The minimum absolute atomic E-state index is 0.444. The summed E-state index contributed by atoms with van der Waals surface area (Å²) in [7, 11) is 0. The first-order chi connectivity index (χ1) is 8.74. The normalized spacial score (nSPS) is 11.2. The van der Waals surface area contributed by atoms with Crippen molar-refractivity contribution in [2.75, 3.05) is 5.73 Å². The maximum absolute atomic E-state index is 5.87. The van der Waals surface area contributed by atoms with E-state index in [1.807, 2.05) is 16.7 Å². The summed E-state index contributed by atoms with van der Waals surface area (Å²) in [6.07, 6.45) is 2.32. The van der Waals surface area contributed by atoms with Gasteiger partial charge in [-0.25, -0.2) is 9.97 Å². The van der Waals surface area contributed by atoms with E-state index in [1.54, 1.807) is 13.1 Å². The molecule has 0 bridgehead atoms. The first-order valence-electron chi connectivity index (χ1n) is 5.60. The van der Waals surface area contributed by atoms with Gasteiger partial charge in [-0.2, -0.15) is 4.98 Å². The molecule has 0 spiro atoms. The summed E-state index contributed by atoms with van der Waals surface area (Å²) in [6.45, 7) is 2.40. The molecule has 0 aromatic carbocycles. The summed E-state index contributed by atoms with van der Waals surface area (Å²) in [5.74, 6) is 1.66. The third-order valence-electron chi connectivity index (χ3n) is 2.65. The van der Waals surface area contributed by atoms with Crippen molar-refractivity contribution in [2.45, 2.75) is 19.9 Å². The third-order valence-corrected chi connectivity index (χ3v) is 2.65. The van der Waals surface area contributed by atoms with Crippen LogP contribution in [-0.2, 0) is 13.0 Å². The zero-order valence-corrected chi connectivity index (χ0v) is 9.87. The van der Waals surface area contributed by atoms with Crippen molar-refractivity contribution in [3.05, 3.63) is 30.0 Å². The number of hydrogen-bond acceptors (Lipinski definition) is 6. The molecular formula is C11H12N6O. The highest BCUT2D eigenvalue weighted by Gasteiger charge is 2.10. The van der Waals surface area contributed by atoms with Crippen LogP contribution in [0.15, 0.2) is 22.9 Å². The Balaban J connectivity index is 1.88. The van der Waals surface area contributed by atoms with E-state index in [9.17, 15) is 0 Å². The third kappa shape index (κ3) is 1.79. The van der Waals surface area contributed by atoms with Crippen LogP contribution >= 0.6 is 0 Å². The molecule has 0 amide bonds. The number of imidazole rings is 1. The van der Waals surface area contributed by atoms with Crippen LogP contribution in [0.2, 0.25) is 0 Å². The average molecular weight is 244 g/mol. The van der Waals surface area contributed by atoms with Gasteiger partial charge in [-0.05, 0) is 19.1 Å². The van der Waals surface area contributed by atoms with E-state index in [-0.39, 0.29) is 0 Å². The van der Waals surface area contributed by atoms with Crippen molar-refractivity contribution in [3.8, 4) is 0 Å². The van der Waals surface area contributed by atoms with E-state index in [4.69, 9.17) is 10.3 Å². The molecule has 0 saturated heterocycles. The molecule has 7 nitrogen and oxygen atoms in total. The van der Waals surface area contributed by atoms with Gasteiger partial charge in [0.2, 0.25) is 11.8 Å². The number of rotatable bonds is 3. The molecule has 3 heterocycles. The van der Waals surface area contributed by atoms with Crippen molar-refractivity contribution in [1.29, 1.82) is 0 Å². The second-order valence-corrected chi connectivity index (χ2v) is 3.95. The van der Waals surface area contributed by atoms with Gasteiger partial charge >= 0.3 is 0 Å². The number of aromatic nitrogens is 5. The lowest BCUT2D eigenvalue weighted by Gasteiger charge is -2.02. The number of nitrogens with zero attached hydrogens (tertiary/aromatic N) is 5. The molecule has 0 aliphatic rings. The Bertz CT molecular complexity index is 686. The number of nitrogen functional groups attached to an aromatic ring is 1. The molecule has 0 aliphatic carbocycles. The Morgan fingerprint density at radius 2 is 2.28 bits per heavy atom. The van der Waals surface area contributed by atoms with Crippen LogP contribution in [0.4, 0.5) is 5.95 Å². The molecule has 3 rings (SSSR count). The van der Waals surface area contributed by atoms with Crippen molar-refractivity contribution >= 4 is 17.1 Å². The van der Waals surface area contributed by atoms with E-state index in [1.165, 1.54) is 0 Å². The summed E-state index contributed by atoms with van der Waals surface area (Å²) < 4.78 is 6.90. The van der Waals surface area contributed by atoms with Crippen LogP contribution < -0.4 is 5.73 Å². The van der Waals surface area contributed by atoms with Gasteiger partial charge in [0.05, 0.1) is 0 Å². The Morgan fingerprint density at radius 3 is 3.06 bits per heavy atom. The highest BCUT2D eigenvalue weighted by molar-refractivity contribution is 5.73. The van der Waals surface area contributed by atoms with E-state index in [0.717, 1.165) is 11.2 Å². The van der Waals surface area contributed by atoms with Crippen LogP contribution in [0.1, 0.15) is 11.7 Å². The lowest BCUT2D eigenvalue weighted by atomic mass is 10.4. The molecular weight excluding hydrogens is 232 g/mol. The number of anilines is 1. The van der Waals surface area contributed by atoms with E-state index in [2.05, 4.69) is 20.1 Å². The van der Waals surface area contributed by atoms with Crippen LogP contribution in [0.3, 0.4) is 0 Å². The summed E-state index contributed by atoms with van der Waals surface area (Å²) in [6, 6.07) is 3.71. The Morgan fingerprint density at radius 1 is 1.39 bits per heavy atom. The van der Waals surface area contributed by atoms with Gasteiger partial charge in [-0.15, -0.1) is 0 Å². The molecule has 3 aromatic heterocycles. The molecule has 2 N–H and O–H groups in total. The number of aryl methyl sites for hydroxylation is 3. The highest BCUT2D eigenvalue weighted by Crippen LogP contribution is 2.15. The van der Waals surface area contributed by atoms with E-state index in [0.29, 0.717) is 30.6 Å². The number of pyridine rings is 1. The maximum Gasteiger partial charge on any atom is 0.228 e. The van der Waals surface area contributed by atoms with Crippen LogP contribution in [0.25, 0.3) is 11.2 Å². The van der Waals surface area contributed by atoms with Crippen molar-refractivity contribution < 1.29 is 4.52 Å². The molecule has 7 heteroatoms. The molecule has 0 saturated carbocycles. The summed E-state index contributed by atoms with van der Waals surface area (Å²) >= 11 is 0. The summed E-state index contributed by atoms with van der Waals surface area (Å²) in [4.78, 5) is 12.7. The summed E-state index contributed by atoms with van der Waals surface area (Å²) in [5, 5.41) is 3.74. The van der Waals surface area contributed by atoms with Gasteiger partial charge in [-0.1, -0.05) is 5.16 Å². The van der Waals surface area contributed by atoms with Crippen LogP contribution in [0.5, 0.6) is 0 Å². The molecule has 92 valence electrons. The predicted molar refractivity (Wildman–Crippen MR) is 64.7 cm³/mol. The van der Waals surface area contributed by atoms with Crippen molar-refractivity contribution in [2.24, 2.45) is 0 Å². The van der Waals surface area contributed by atoms with Gasteiger partial charge in [0.15, 0.2) is 11.5 Å². The van der Waals surface area contributed by atoms with Gasteiger partial charge in [-0.3, -0.25) is 4.57 Å². The molecule has 0 fully saturated rings. The number of hydrogen-bond donors (Lipinski definition) is 1. The van der Waals surface area contributed by atoms with Crippen molar-refractivity contribution in [3.63, 3.8) is 0 Å². The lowest BCUT2D eigenvalue weighted by molar-refractivity contribution is 0.369. The molecule has 0 unspecified atom stereocenters. The predicted octanol–water partition coefficient (Wildman–Crippen LogP) is 0.948. The summed E-state index contributed by atoms with van der Waals surface area (Å²) in [5.41, 5.74) is 7.43. The largest absolute Gasteiger partial charge is 0.369 e. The molecule has 0 radical (unpaired) electrons. The van der Waals surface area contributed by atoms with Gasteiger partial charge in [0.25, 0.3) is 0 Å².